The number of aliphatic carboxylic acids is 1. The van der Waals surface area contributed by atoms with E-state index in [1.165, 1.54) is 0 Å². The van der Waals surface area contributed by atoms with Crippen molar-refractivity contribution in [3.63, 3.8) is 0 Å². The van der Waals surface area contributed by atoms with Crippen LogP contribution in [-0.4, -0.2) is 76.4 Å². The number of carbonyl (C=O) groups excluding carboxylic acids is 3. The molecule has 0 aromatic carbocycles. The Hall–Kier alpha value is -2.24. The Labute approximate surface area is 170 Å². The Kier molecular flexibility index (Phi) is 12.1. The molecule has 0 spiro atoms. The molecule has 0 fully saturated rings. The van der Waals surface area contributed by atoms with Crippen molar-refractivity contribution in [2.24, 2.45) is 17.6 Å². The fourth-order valence-corrected chi connectivity index (χ4v) is 2.50. The second-order valence-electron chi connectivity index (χ2n) is 7.75. The summed E-state index contributed by atoms with van der Waals surface area (Å²) in [6, 6.07) is -4.81. The zero-order valence-electron chi connectivity index (χ0n) is 17.3. The van der Waals surface area contributed by atoms with Crippen LogP contribution < -0.4 is 21.7 Å². The molecule has 0 aromatic heterocycles. The molecular formula is C18H34N4O7. The number of carboxylic acids is 1. The van der Waals surface area contributed by atoms with Crippen LogP contribution in [0.15, 0.2) is 0 Å². The van der Waals surface area contributed by atoms with Gasteiger partial charge in [-0.3, -0.25) is 14.4 Å². The Balaban J connectivity index is 5.24. The summed E-state index contributed by atoms with van der Waals surface area (Å²) < 4.78 is 0. The number of carbonyl (C=O) groups is 4. The molecule has 29 heavy (non-hydrogen) atoms. The van der Waals surface area contributed by atoms with Gasteiger partial charge in [0.2, 0.25) is 17.7 Å². The molecule has 0 aromatic rings. The molecule has 0 saturated carbocycles. The van der Waals surface area contributed by atoms with Crippen molar-refractivity contribution in [3.8, 4) is 0 Å². The van der Waals surface area contributed by atoms with Gasteiger partial charge in [-0.1, -0.05) is 27.7 Å². The molecule has 8 N–H and O–H groups in total. The largest absolute Gasteiger partial charge is 0.480 e. The minimum absolute atomic E-state index is 0.00981. The molecule has 168 valence electrons. The highest BCUT2D eigenvalue weighted by Gasteiger charge is 2.30. The Morgan fingerprint density at radius 2 is 1.14 bits per heavy atom. The van der Waals surface area contributed by atoms with Crippen LogP contribution in [0.25, 0.3) is 0 Å². The van der Waals surface area contributed by atoms with E-state index < -0.39 is 61.1 Å². The van der Waals surface area contributed by atoms with Crippen LogP contribution in [0.4, 0.5) is 0 Å². The zero-order chi connectivity index (χ0) is 22.7. The minimum atomic E-state index is -1.38. The number of amides is 3. The lowest BCUT2D eigenvalue weighted by molar-refractivity contribution is -0.143. The van der Waals surface area contributed by atoms with Crippen molar-refractivity contribution in [2.75, 3.05) is 13.2 Å². The Morgan fingerprint density at radius 1 is 0.724 bits per heavy atom. The van der Waals surface area contributed by atoms with Crippen LogP contribution in [0, 0.1) is 11.8 Å². The van der Waals surface area contributed by atoms with Gasteiger partial charge in [0.1, 0.15) is 24.2 Å². The molecule has 3 amide bonds. The van der Waals surface area contributed by atoms with Crippen molar-refractivity contribution in [2.45, 2.75) is 64.7 Å². The molecule has 11 nitrogen and oxygen atoms in total. The van der Waals surface area contributed by atoms with E-state index in [1.807, 2.05) is 27.7 Å². The summed E-state index contributed by atoms with van der Waals surface area (Å²) >= 11 is 0. The summed E-state index contributed by atoms with van der Waals surface area (Å²) in [4.78, 5) is 48.2. The third kappa shape index (κ3) is 10.2. The van der Waals surface area contributed by atoms with Gasteiger partial charge < -0.3 is 37.0 Å². The zero-order valence-corrected chi connectivity index (χ0v) is 17.3. The number of hydrogen-bond acceptors (Lipinski definition) is 7. The van der Waals surface area contributed by atoms with Crippen molar-refractivity contribution < 1.29 is 34.5 Å². The van der Waals surface area contributed by atoms with E-state index in [9.17, 15) is 29.4 Å². The van der Waals surface area contributed by atoms with E-state index in [2.05, 4.69) is 16.0 Å². The second-order valence-corrected chi connectivity index (χ2v) is 7.75. The molecule has 0 rings (SSSR count). The maximum atomic E-state index is 12.6. The fourth-order valence-electron chi connectivity index (χ4n) is 2.50. The number of nitrogens with two attached hydrogens (primary N) is 1. The monoisotopic (exact) mass is 418 g/mol. The van der Waals surface area contributed by atoms with Crippen LogP contribution >= 0.6 is 0 Å². The average Bonchev–Trinajstić information content (AvgIpc) is 2.62. The quantitative estimate of drug-likeness (QED) is 0.177. The molecule has 0 bridgehead atoms. The van der Waals surface area contributed by atoms with Crippen molar-refractivity contribution in [1.82, 2.24) is 16.0 Å². The first-order chi connectivity index (χ1) is 13.4. The first kappa shape index (κ1) is 26.8. The van der Waals surface area contributed by atoms with E-state index in [4.69, 9.17) is 10.8 Å². The topological polar surface area (TPSA) is 191 Å². The molecule has 4 atom stereocenters. The van der Waals surface area contributed by atoms with Gasteiger partial charge in [0.25, 0.3) is 0 Å². The number of aliphatic hydroxyl groups is 2. The standard InChI is InChI=1S/C18H34N4O7/c1-9(2)5-12(16(26)21-13(18(28)29)6-10(3)4)20-17(27)14(8-24)22-15(25)11(19)7-23/h9-14,23-24H,5-8,19H2,1-4H3,(H,20,27)(H,21,26)(H,22,25)(H,28,29). The summed E-state index contributed by atoms with van der Waals surface area (Å²) in [5.74, 6) is -3.50. The molecule has 0 heterocycles. The maximum absolute atomic E-state index is 12.6. The Bertz CT molecular complexity index is 568. The highest BCUT2D eigenvalue weighted by atomic mass is 16.4. The van der Waals surface area contributed by atoms with E-state index in [0.29, 0.717) is 0 Å². The van der Waals surface area contributed by atoms with Crippen molar-refractivity contribution >= 4 is 23.7 Å². The number of carboxylic acid groups (broad SMARTS) is 1. The lowest BCUT2D eigenvalue weighted by Gasteiger charge is -2.25. The van der Waals surface area contributed by atoms with Gasteiger partial charge in [-0.15, -0.1) is 0 Å². The number of rotatable bonds is 13. The van der Waals surface area contributed by atoms with Crippen molar-refractivity contribution in [1.29, 1.82) is 0 Å². The van der Waals surface area contributed by atoms with Crippen molar-refractivity contribution in [3.05, 3.63) is 0 Å². The van der Waals surface area contributed by atoms with E-state index in [0.717, 1.165) is 0 Å². The molecule has 4 unspecified atom stereocenters. The third-order valence-electron chi connectivity index (χ3n) is 4.01. The van der Waals surface area contributed by atoms with Gasteiger partial charge in [0, 0.05) is 0 Å². The summed E-state index contributed by atoms with van der Waals surface area (Å²) in [6.07, 6.45) is 0.436. The summed E-state index contributed by atoms with van der Waals surface area (Å²) in [5, 5.41) is 34.6. The van der Waals surface area contributed by atoms with Gasteiger partial charge in [-0.05, 0) is 24.7 Å². The van der Waals surface area contributed by atoms with E-state index in [-0.39, 0.29) is 24.7 Å². The normalized spacial score (nSPS) is 15.3. The second kappa shape index (κ2) is 13.1. The average molecular weight is 418 g/mol. The smallest absolute Gasteiger partial charge is 0.326 e. The fraction of sp³-hybridized carbons (Fsp3) is 0.778. The van der Waals surface area contributed by atoms with Crippen LogP contribution in [0.5, 0.6) is 0 Å². The number of aliphatic hydroxyl groups excluding tert-OH is 2. The molecule has 0 aliphatic heterocycles. The van der Waals surface area contributed by atoms with E-state index in [1.54, 1.807) is 0 Å². The SMILES string of the molecule is CC(C)CC(NC(=O)C(CC(C)C)NC(=O)C(CO)NC(=O)C(N)CO)C(=O)O. The van der Waals surface area contributed by atoms with Crippen LogP contribution in [-0.2, 0) is 19.2 Å². The highest BCUT2D eigenvalue weighted by Crippen LogP contribution is 2.09. The van der Waals surface area contributed by atoms with Gasteiger partial charge >= 0.3 is 5.97 Å². The lowest BCUT2D eigenvalue weighted by atomic mass is 10.0. The van der Waals surface area contributed by atoms with Gasteiger partial charge in [-0.25, -0.2) is 4.79 Å². The first-order valence-corrected chi connectivity index (χ1v) is 9.54. The molecule has 0 saturated heterocycles. The minimum Gasteiger partial charge on any atom is -0.480 e. The Morgan fingerprint density at radius 3 is 1.55 bits per heavy atom. The molecule has 0 aliphatic rings. The van der Waals surface area contributed by atoms with E-state index >= 15 is 0 Å². The number of hydrogen-bond donors (Lipinski definition) is 7. The van der Waals surface area contributed by atoms with Crippen LogP contribution in [0.3, 0.4) is 0 Å². The van der Waals surface area contributed by atoms with Crippen LogP contribution in [0.1, 0.15) is 40.5 Å². The molecule has 0 aliphatic carbocycles. The first-order valence-electron chi connectivity index (χ1n) is 9.54. The van der Waals surface area contributed by atoms with Gasteiger partial charge in [0.05, 0.1) is 13.2 Å². The summed E-state index contributed by atoms with van der Waals surface area (Å²) in [5.41, 5.74) is 5.36. The summed E-state index contributed by atoms with van der Waals surface area (Å²) in [7, 11) is 0. The lowest BCUT2D eigenvalue weighted by Crippen LogP contribution is -2.58. The molecular weight excluding hydrogens is 384 g/mol. The predicted molar refractivity (Wildman–Crippen MR) is 104 cm³/mol. The van der Waals surface area contributed by atoms with Gasteiger partial charge in [-0.2, -0.15) is 0 Å². The highest BCUT2D eigenvalue weighted by molar-refractivity contribution is 5.94. The molecule has 0 radical (unpaired) electrons. The third-order valence-corrected chi connectivity index (χ3v) is 4.01. The molecule has 11 heteroatoms. The predicted octanol–water partition coefficient (Wildman–Crippen LogP) is -2.07. The maximum Gasteiger partial charge on any atom is 0.326 e. The number of nitrogens with one attached hydrogen (secondary N) is 3. The van der Waals surface area contributed by atoms with Gasteiger partial charge in [0.15, 0.2) is 0 Å². The summed E-state index contributed by atoms with van der Waals surface area (Å²) in [6.45, 7) is 5.89. The van der Waals surface area contributed by atoms with Crippen LogP contribution in [0.2, 0.25) is 0 Å².